The molecule has 0 aromatic carbocycles. The number of aromatic nitrogens is 3. The van der Waals surface area contributed by atoms with Crippen molar-refractivity contribution in [2.24, 2.45) is 0 Å². The standard InChI is InChI=1S/C14H18N4O10P2/c1-3-7-4-18(12-9(7)11(15)16-6-17-12)13-14(2,20)10(19)8(27-13)5-26-30(24,25)28-29(21,22)23/h1,4,6,8,10,13,19-20H,5H2,2H3,(H,24,25)(H2,15,16,17)(H2,21,22,23)/t8?,10?,13?,14-/m1/s1. The number of aliphatic hydroxyl groups excluding tert-OH is 1. The highest BCUT2D eigenvalue weighted by atomic mass is 31.3. The van der Waals surface area contributed by atoms with Gasteiger partial charge in [0.1, 0.15) is 35.6 Å². The van der Waals surface area contributed by atoms with Gasteiger partial charge in [0, 0.05) is 6.20 Å². The Hall–Kier alpha value is -1.88. The minimum atomic E-state index is -5.32. The fourth-order valence-corrected chi connectivity index (χ4v) is 4.70. The van der Waals surface area contributed by atoms with E-state index in [2.05, 4.69) is 24.7 Å². The number of aliphatic hydroxyl groups is 2. The van der Waals surface area contributed by atoms with Gasteiger partial charge in [-0.2, -0.15) is 4.31 Å². The fraction of sp³-hybridized carbons (Fsp3) is 0.429. The van der Waals surface area contributed by atoms with Crippen molar-refractivity contribution in [3.05, 3.63) is 18.1 Å². The highest BCUT2D eigenvalue weighted by molar-refractivity contribution is 7.60. The first-order valence-corrected chi connectivity index (χ1v) is 11.2. The van der Waals surface area contributed by atoms with E-state index in [0.29, 0.717) is 10.9 Å². The van der Waals surface area contributed by atoms with Crippen LogP contribution in [0.4, 0.5) is 5.82 Å². The van der Waals surface area contributed by atoms with Gasteiger partial charge >= 0.3 is 15.6 Å². The van der Waals surface area contributed by atoms with Crippen LogP contribution in [-0.2, 0) is 22.7 Å². The third-order valence-corrected chi connectivity index (χ3v) is 6.56. The zero-order valence-electron chi connectivity index (χ0n) is 15.3. The number of terminal acetylenes is 1. The third kappa shape index (κ3) is 4.27. The molecule has 3 rings (SSSR count). The Morgan fingerprint density at radius 2 is 2.07 bits per heavy atom. The van der Waals surface area contributed by atoms with Crippen molar-refractivity contribution >= 4 is 32.5 Å². The summed E-state index contributed by atoms with van der Waals surface area (Å²) in [7, 11) is -10.5. The summed E-state index contributed by atoms with van der Waals surface area (Å²) in [6.07, 6.45) is 3.71. The molecule has 16 heteroatoms. The minimum Gasteiger partial charge on any atom is -0.387 e. The summed E-state index contributed by atoms with van der Waals surface area (Å²) in [5, 5.41) is 21.6. The first-order valence-electron chi connectivity index (χ1n) is 8.14. The lowest BCUT2D eigenvalue weighted by Gasteiger charge is -2.27. The quantitative estimate of drug-likeness (QED) is 0.229. The number of fused-ring (bicyclic) bond motifs is 1. The maximum absolute atomic E-state index is 11.6. The smallest absolute Gasteiger partial charge is 0.387 e. The maximum Gasteiger partial charge on any atom is 0.481 e. The molecule has 0 radical (unpaired) electrons. The monoisotopic (exact) mass is 464 g/mol. The molecule has 0 aliphatic carbocycles. The van der Waals surface area contributed by atoms with Gasteiger partial charge in [0.2, 0.25) is 0 Å². The molecule has 2 aromatic heterocycles. The molecule has 1 fully saturated rings. The second-order valence-electron chi connectivity index (χ2n) is 6.59. The molecule has 3 heterocycles. The molecule has 0 spiro atoms. The Morgan fingerprint density at radius 1 is 1.40 bits per heavy atom. The van der Waals surface area contributed by atoms with Gasteiger partial charge in [-0.05, 0) is 6.92 Å². The zero-order valence-corrected chi connectivity index (χ0v) is 17.1. The van der Waals surface area contributed by atoms with Crippen LogP contribution in [-0.4, -0.2) is 63.8 Å². The summed E-state index contributed by atoms with van der Waals surface area (Å²) >= 11 is 0. The average Bonchev–Trinajstić information content (AvgIpc) is 3.08. The van der Waals surface area contributed by atoms with E-state index in [1.165, 1.54) is 17.7 Å². The zero-order chi connectivity index (χ0) is 22.5. The molecule has 14 nitrogen and oxygen atoms in total. The molecule has 2 aromatic rings. The van der Waals surface area contributed by atoms with E-state index in [1.807, 2.05) is 0 Å². The number of nitrogen functional groups attached to an aromatic ring is 1. The minimum absolute atomic E-state index is 0.0839. The average molecular weight is 464 g/mol. The van der Waals surface area contributed by atoms with Crippen LogP contribution < -0.4 is 5.73 Å². The molecule has 0 saturated carbocycles. The van der Waals surface area contributed by atoms with Gasteiger partial charge in [0.25, 0.3) is 0 Å². The van der Waals surface area contributed by atoms with Crippen molar-refractivity contribution in [1.29, 1.82) is 0 Å². The molecule has 30 heavy (non-hydrogen) atoms. The fourth-order valence-electron chi connectivity index (χ4n) is 3.10. The van der Waals surface area contributed by atoms with Crippen molar-refractivity contribution in [3.63, 3.8) is 0 Å². The van der Waals surface area contributed by atoms with Crippen molar-refractivity contribution in [1.82, 2.24) is 14.5 Å². The lowest BCUT2D eigenvalue weighted by Crippen LogP contribution is -2.44. The van der Waals surface area contributed by atoms with Gasteiger partial charge in [0.05, 0.1) is 17.6 Å². The van der Waals surface area contributed by atoms with Crippen LogP contribution in [0, 0.1) is 12.3 Å². The predicted molar refractivity (Wildman–Crippen MR) is 99.3 cm³/mol. The predicted octanol–water partition coefficient (Wildman–Crippen LogP) is -0.770. The van der Waals surface area contributed by atoms with E-state index in [0.717, 1.165) is 6.33 Å². The van der Waals surface area contributed by atoms with Gasteiger partial charge in [-0.3, -0.25) is 4.52 Å². The van der Waals surface area contributed by atoms with Crippen molar-refractivity contribution in [2.75, 3.05) is 12.3 Å². The number of phosphoric ester groups is 1. The number of rotatable bonds is 6. The molecule has 5 atom stereocenters. The van der Waals surface area contributed by atoms with Gasteiger partial charge < -0.3 is 39.9 Å². The summed E-state index contributed by atoms with van der Waals surface area (Å²) in [5.74, 6) is 2.49. The molecular formula is C14H18N4O10P2. The molecule has 0 amide bonds. The highest BCUT2D eigenvalue weighted by Crippen LogP contribution is 2.58. The van der Waals surface area contributed by atoms with Gasteiger partial charge in [-0.15, -0.1) is 6.42 Å². The number of phosphoric acid groups is 2. The molecule has 1 aliphatic heterocycles. The Kier molecular flexibility index (Phi) is 5.83. The van der Waals surface area contributed by atoms with E-state index < -0.39 is 46.3 Å². The summed E-state index contributed by atoms with van der Waals surface area (Å²) in [6, 6.07) is 0. The maximum atomic E-state index is 11.6. The SMILES string of the molecule is C#Cc1cn(C2OC(COP(=O)(O)OP(=O)(O)O)C(O)[C@@]2(C)O)c2ncnc(N)c12. The first-order chi connectivity index (χ1) is 13.8. The second kappa shape index (κ2) is 7.67. The van der Waals surface area contributed by atoms with Crippen LogP contribution in [0.2, 0.25) is 0 Å². The van der Waals surface area contributed by atoms with E-state index >= 15 is 0 Å². The lowest BCUT2D eigenvalue weighted by atomic mass is 9.96. The second-order valence-corrected chi connectivity index (χ2v) is 9.42. The first kappa shape index (κ1) is 22.8. The van der Waals surface area contributed by atoms with Crippen LogP contribution in [0.3, 0.4) is 0 Å². The van der Waals surface area contributed by atoms with E-state index in [1.54, 1.807) is 0 Å². The number of anilines is 1. The molecule has 1 aliphatic rings. The van der Waals surface area contributed by atoms with Crippen LogP contribution >= 0.6 is 15.6 Å². The van der Waals surface area contributed by atoms with Gasteiger partial charge in [-0.1, -0.05) is 5.92 Å². The van der Waals surface area contributed by atoms with Crippen LogP contribution in [0.25, 0.3) is 11.0 Å². The van der Waals surface area contributed by atoms with E-state index in [4.69, 9.17) is 26.7 Å². The number of hydrogen-bond acceptors (Lipinski definition) is 10. The lowest BCUT2D eigenvalue weighted by molar-refractivity contribution is -0.0947. The Bertz CT molecular complexity index is 1110. The van der Waals surface area contributed by atoms with E-state index in [-0.39, 0.29) is 11.5 Å². The number of ether oxygens (including phenoxy) is 1. The topological polar surface area (TPSA) is 220 Å². The molecular weight excluding hydrogens is 446 g/mol. The summed E-state index contributed by atoms with van der Waals surface area (Å²) in [4.78, 5) is 34.6. The van der Waals surface area contributed by atoms with Crippen molar-refractivity contribution in [2.45, 2.75) is 31.0 Å². The largest absolute Gasteiger partial charge is 0.481 e. The summed E-state index contributed by atoms with van der Waals surface area (Å²) in [6.45, 7) is 0.388. The van der Waals surface area contributed by atoms with Gasteiger partial charge in [-0.25, -0.2) is 19.1 Å². The summed E-state index contributed by atoms with van der Waals surface area (Å²) in [5.41, 5.74) is 4.38. The van der Waals surface area contributed by atoms with Crippen LogP contribution in [0.5, 0.6) is 0 Å². The molecule has 164 valence electrons. The molecule has 0 bridgehead atoms. The normalized spacial score (nSPS) is 29.0. The molecule has 7 N–H and O–H groups in total. The summed E-state index contributed by atoms with van der Waals surface area (Å²) < 4.78 is 37.4. The van der Waals surface area contributed by atoms with Crippen LogP contribution in [0.15, 0.2) is 12.5 Å². The number of nitrogens with two attached hydrogens (primary N) is 1. The van der Waals surface area contributed by atoms with Crippen molar-refractivity contribution < 1.29 is 47.6 Å². The number of nitrogens with zero attached hydrogens (tertiary/aromatic N) is 3. The molecule has 4 unspecified atom stereocenters. The van der Waals surface area contributed by atoms with E-state index in [9.17, 15) is 24.2 Å². The van der Waals surface area contributed by atoms with Crippen molar-refractivity contribution in [3.8, 4) is 12.3 Å². The van der Waals surface area contributed by atoms with Crippen LogP contribution in [0.1, 0.15) is 18.7 Å². The third-order valence-electron chi connectivity index (χ3n) is 4.41. The Balaban J connectivity index is 1.90. The highest BCUT2D eigenvalue weighted by Gasteiger charge is 2.54. The number of hydrogen-bond donors (Lipinski definition) is 6. The molecule has 1 saturated heterocycles. The van der Waals surface area contributed by atoms with Gasteiger partial charge in [0.15, 0.2) is 6.23 Å². The Labute approximate surface area is 169 Å². The Morgan fingerprint density at radius 3 is 2.67 bits per heavy atom.